The van der Waals surface area contributed by atoms with Crippen molar-refractivity contribution in [2.24, 2.45) is 0 Å². The lowest BCUT2D eigenvalue weighted by Crippen LogP contribution is -2.11. The molecule has 58 heavy (non-hydrogen) atoms. The van der Waals surface area contributed by atoms with Gasteiger partial charge in [0.15, 0.2) is 0 Å². The molecule has 0 saturated carbocycles. The van der Waals surface area contributed by atoms with E-state index < -0.39 is 0 Å². The van der Waals surface area contributed by atoms with Crippen molar-refractivity contribution >= 4 is 72.8 Å². The molecule has 0 fully saturated rings. The van der Waals surface area contributed by atoms with E-state index in [0.29, 0.717) is 0 Å². The standard InChI is InChI=1S/C54H40N4/c1-7-19-49-43(13-1)44-14-2-8-20-50(44)56(49)40-31-25-37(26-32-40)55(38-27-33-41(34-28-38)57-51-21-9-3-15-45(51)46-16-4-10-22-52(46)57)39-29-35-42(36-30-39)58-53-23-11-5-17-47(53)48-18-6-12-24-54(48)58/h1-3,5,7-15,17,19-36H,4,6,16,18H2. The highest BCUT2D eigenvalue weighted by molar-refractivity contribution is 6.09. The summed E-state index contributed by atoms with van der Waals surface area (Å²) >= 11 is 0. The quantitative estimate of drug-likeness (QED) is 0.166. The molecule has 0 atom stereocenters. The van der Waals surface area contributed by atoms with Gasteiger partial charge in [0.2, 0.25) is 0 Å². The second-order valence-electron chi connectivity index (χ2n) is 15.6. The van der Waals surface area contributed by atoms with Gasteiger partial charge in [0.25, 0.3) is 0 Å². The zero-order valence-corrected chi connectivity index (χ0v) is 32.1. The van der Waals surface area contributed by atoms with Gasteiger partial charge in [0, 0.05) is 67.1 Å². The summed E-state index contributed by atoms with van der Waals surface area (Å²) in [6, 6.07) is 62.4. The average Bonchev–Trinajstić information content (AvgIpc) is 3.93. The van der Waals surface area contributed by atoms with E-state index in [4.69, 9.17) is 0 Å². The first-order chi connectivity index (χ1) is 28.8. The molecule has 2 aliphatic rings. The lowest BCUT2D eigenvalue weighted by Gasteiger charge is -2.26. The smallest absolute Gasteiger partial charge is 0.0541 e. The number of aromatic nitrogens is 3. The van der Waals surface area contributed by atoms with E-state index in [-0.39, 0.29) is 0 Å². The number of anilines is 3. The third-order valence-electron chi connectivity index (χ3n) is 12.4. The van der Waals surface area contributed by atoms with E-state index in [1.165, 1.54) is 77.5 Å². The maximum atomic E-state index is 2.43. The predicted octanol–water partition coefficient (Wildman–Crippen LogP) is 14.1. The van der Waals surface area contributed by atoms with Crippen molar-refractivity contribution in [1.29, 1.82) is 0 Å². The number of aryl methyl sites for hydroxylation is 2. The van der Waals surface area contributed by atoms with E-state index in [2.05, 4.69) is 213 Å². The summed E-state index contributed by atoms with van der Waals surface area (Å²) in [5.74, 6) is 0. The third kappa shape index (κ3) is 5.01. The van der Waals surface area contributed by atoms with Crippen LogP contribution in [0.5, 0.6) is 0 Å². The fraction of sp³-hybridized carbons (Fsp3) is 0.0741. The molecule has 10 aromatic rings. The maximum absolute atomic E-state index is 2.43. The van der Waals surface area contributed by atoms with Gasteiger partial charge in [-0.2, -0.15) is 0 Å². The number of hydrogen-bond donors (Lipinski definition) is 0. The molecule has 4 heteroatoms. The molecule has 7 aromatic carbocycles. The molecule has 0 radical (unpaired) electrons. The number of rotatable bonds is 6. The van der Waals surface area contributed by atoms with Crippen molar-refractivity contribution in [3.05, 3.63) is 205 Å². The summed E-state index contributed by atoms with van der Waals surface area (Å²) in [5, 5.41) is 5.23. The number of para-hydroxylation sites is 4. The Morgan fingerprint density at radius 2 is 0.655 bits per heavy atom. The molecule has 0 spiro atoms. The van der Waals surface area contributed by atoms with Crippen molar-refractivity contribution < 1.29 is 0 Å². The van der Waals surface area contributed by atoms with Crippen LogP contribution in [-0.2, 0) is 12.8 Å². The minimum atomic E-state index is 1.07. The fourth-order valence-electron chi connectivity index (χ4n) is 9.83. The summed E-state index contributed by atoms with van der Waals surface area (Å²) in [6.45, 7) is 0. The number of allylic oxidation sites excluding steroid dienone is 2. The highest BCUT2D eigenvalue weighted by Gasteiger charge is 2.21. The Labute approximate surface area is 337 Å². The van der Waals surface area contributed by atoms with Gasteiger partial charge in [-0.3, -0.25) is 0 Å². The Hall–Kier alpha value is -7.30. The van der Waals surface area contributed by atoms with Crippen LogP contribution in [0.1, 0.15) is 35.4 Å². The number of nitrogens with zero attached hydrogens (tertiary/aromatic N) is 4. The highest BCUT2D eigenvalue weighted by Crippen LogP contribution is 2.40. The van der Waals surface area contributed by atoms with E-state index >= 15 is 0 Å². The van der Waals surface area contributed by atoms with Crippen LogP contribution in [0, 0.1) is 0 Å². The zero-order valence-electron chi connectivity index (χ0n) is 32.1. The monoisotopic (exact) mass is 744 g/mol. The van der Waals surface area contributed by atoms with E-state index in [1.54, 1.807) is 0 Å². The zero-order chi connectivity index (χ0) is 38.2. The molecule has 12 rings (SSSR count). The number of benzene rings is 7. The molecule has 0 bridgehead atoms. The van der Waals surface area contributed by atoms with Gasteiger partial charge in [-0.15, -0.1) is 0 Å². The first-order valence-corrected chi connectivity index (χ1v) is 20.5. The average molecular weight is 745 g/mol. The summed E-state index contributed by atoms with van der Waals surface area (Å²) in [5.41, 5.74) is 17.2. The van der Waals surface area contributed by atoms with Crippen LogP contribution >= 0.6 is 0 Å². The fourth-order valence-corrected chi connectivity index (χ4v) is 9.83. The molecule has 3 heterocycles. The topological polar surface area (TPSA) is 18.0 Å². The lowest BCUT2D eigenvalue weighted by molar-refractivity contribution is 0.967. The van der Waals surface area contributed by atoms with E-state index in [1.807, 2.05) is 0 Å². The molecule has 0 saturated heterocycles. The molecule has 4 nitrogen and oxygen atoms in total. The van der Waals surface area contributed by atoms with Gasteiger partial charge in [-0.05, 0) is 146 Å². The van der Waals surface area contributed by atoms with Crippen LogP contribution in [0.25, 0.3) is 72.8 Å². The van der Waals surface area contributed by atoms with Gasteiger partial charge in [0.05, 0.1) is 22.1 Å². The van der Waals surface area contributed by atoms with Crippen LogP contribution < -0.4 is 4.90 Å². The first kappa shape index (κ1) is 32.9. The lowest BCUT2D eigenvalue weighted by atomic mass is 10.0. The molecule has 0 aliphatic heterocycles. The van der Waals surface area contributed by atoms with Crippen LogP contribution in [-0.4, -0.2) is 13.7 Å². The molecule has 0 unspecified atom stereocenters. The van der Waals surface area contributed by atoms with Crippen LogP contribution in [0.2, 0.25) is 0 Å². The van der Waals surface area contributed by atoms with Crippen molar-refractivity contribution in [2.45, 2.75) is 25.7 Å². The third-order valence-corrected chi connectivity index (χ3v) is 12.4. The summed E-state index contributed by atoms with van der Waals surface area (Å²) in [4.78, 5) is 2.38. The minimum Gasteiger partial charge on any atom is -0.310 e. The molecule has 0 amide bonds. The molecular formula is C54H40N4. The van der Waals surface area contributed by atoms with E-state index in [9.17, 15) is 0 Å². The second-order valence-corrected chi connectivity index (χ2v) is 15.6. The Morgan fingerprint density at radius 1 is 0.328 bits per heavy atom. The minimum absolute atomic E-state index is 1.07. The predicted molar refractivity (Wildman–Crippen MR) is 244 cm³/mol. The van der Waals surface area contributed by atoms with E-state index in [0.717, 1.165) is 48.4 Å². The van der Waals surface area contributed by atoms with Crippen LogP contribution in [0.4, 0.5) is 17.1 Å². The summed E-state index contributed by atoms with van der Waals surface area (Å²) < 4.78 is 7.25. The Balaban J connectivity index is 0.985. The maximum Gasteiger partial charge on any atom is 0.0541 e. The SMILES string of the molecule is C1=Cc2c(c3ccccc3n2-c2ccc(N(c3ccc(-n4c5c(c6ccccc64)CCC=C5)cc3)c3ccc(-n4c5ccccc5c5ccccc54)cc3)cc2)CC1. The molecule has 2 aliphatic carbocycles. The van der Waals surface area contributed by atoms with Gasteiger partial charge in [-0.1, -0.05) is 84.9 Å². The molecule has 0 N–H and O–H groups in total. The first-order valence-electron chi connectivity index (χ1n) is 20.5. The van der Waals surface area contributed by atoms with Gasteiger partial charge < -0.3 is 18.6 Å². The number of fused-ring (bicyclic) bond motifs is 9. The van der Waals surface area contributed by atoms with Crippen molar-refractivity contribution in [3.8, 4) is 17.1 Å². The largest absolute Gasteiger partial charge is 0.310 e. The molecular weight excluding hydrogens is 705 g/mol. The van der Waals surface area contributed by atoms with Crippen molar-refractivity contribution in [3.63, 3.8) is 0 Å². The van der Waals surface area contributed by atoms with Gasteiger partial charge >= 0.3 is 0 Å². The van der Waals surface area contributed by atoms with Crippen molar-refractivity contribution in [1.82, 2.24) is 13.7 Å². The Bertz CT molecular complexity index is 3060. The van der Waals surface area contributed by atoms with Crippen molar-refractivity contribution in [2.75, 3.05) is 4.90 Å². The van der Waals surface area contributed by atoms with Crippen LogP contribution in [0.3, 0.4) is 0 Å². The molecule has 3 aromatic heterocycles. The highest BCUT2D eigenvalue weighted by atomic mass is 15.1. The van der Waals surface area contributed by atoms with Gasteiger partial charge in [0.1, 0.15) is 0 Å². The second kappa shape index (κ2) is 13.1. The number of hydrogen-bond acceptors (Lipinski definition) is 1. The Morgan fingerprint density at radius 3 is 1.05 bits per heavy atom. The summed E-state index contributed by atoms with van der Waals surface area (Å²) in [6.07, 6.45) is 13.5. The Kier molecular flexibility index (Phi) is 7.45. The molecule has 276 valence electrons. The summed E-state index contributed by atoms with van der Waals surface area (Å²) in [7, 11) is 0. The van der Waals surface area contributed by atoms with Crippen LogP contribution in [0.15, 0.2) is 182 Å². The normalized spacial score (nSPS) is 13.4. The van der Waals surface area contributed by atoms with Gasteiger partial charge in [-0.25, -0.2) is 0 Å².